The first kappa shape index (κ1) is 20.2. The fourth-order valence-corrected chi connectivity index (χ4v) is 3.64. The van der Waals surface area contributed by atoms with Gasteiger partial charge in [-0.1, -0.05) is 13.8 Å². The van der Waals surface area contributed by atoms with Gasteiger partial charge in [0.25, 0.3) is 11.5 Å². The monoisotopic (exact) mass is 364 g/mol. The molecule has 0 saturated carbocycles. The number of likely N-dealkylation sites (tertiary alicyclic amines) is 1. The van der Waals surface area contributed by atoms with E-state index >= 15 is 0 Å². The quantitative estimate of drug-likeness (QED) is 0.736. The topological polar surface area (TPSA) is 111 Å². The number of H-pyrrole nitrogens is 1. The second-order valence-corrected chi connectivity index (χ2v) is 7.76. The summed E-state index contributed by atoms with van der Waals surface area (Å²) < 4.78 is 0. The predicted molar refractivity (Wildman–Crippen MR) is 97.2 cm³/mol. The molecule has 2 rings (SSSR count). The Labute approximate surface area is 153 Å². The van der Waals surface area contributed by atoms with Crippen molar-refractivity contribution in [1.82, 2.24) is 9.88 Å². The molecule has 144 valence electrons. The van der Waals surface area contributed by atoms with E-state index in [2.05, 4.69) is 4.98 Å². The number of pyridine rings is 1. The number of aliphatic hydroxyl groups is 1. The van der Waals surface area contributed by atoms with Gasteiger partial charge >= 0.3 is 5.97 Å². The third-order valence-corrected chi connectivity index (χ3v) is 5.24. The molecule has 0 bridgehead atoms. The van der Waals surface area contributed by atoms with Gasteiger partial charge in [-0.2, -0.15) is 0 Å². The standard InChI is InChI=1S/C19H28N2O5/c1-11(2)5-7-19(18(25)26)10-21(8-6-14(19)22)17(24)15-12(3)9-13(4)20-16(15)23/h9,11,14,22H,5-8,10H2,1-4H3,(H,20,23)(H,25,26)/t14-,19-/m1/s1. The van der Waals surface area contributed by atoms with Gasteiger partial charge in [0.2, 0.25) is 0 Å². The number of aromatic nitrogens is 1. The molecule has 0 aliphatic carbocycles. The summed E-state index contributed by atoms with van der Waals surface area (Å²) in [5.41, 5.74) is -0.610. The van der Waals surface area contributed by atoms with Gasteiger partial charge in [-0.25, -0.2) is 0 Å². The van der Waals surface area contributed by atoms with Crippen molar-refractivity contribution in [2.24, 2.45) is 11.3 Å². The van der Waals surface area contributed by atoms with E-state index in [0.717, 1.165) is 0 Å². The van der Waals surface area contributed by atoms with E-state index < -0.39 is 29.0 Å². The minimum absolute atomic E-state index is 0.0372. The molecule has 2 heterocycles. The van der Waals surface area contributed by atoms with Crippen molar-refractivity contribution in [3.63, 3.8) is 0 Å². The van der Waals surface area contributed by atoms with Crippen molar-refractivity contribution in [1.29, 1.82) is 0 Å². The van der Waals surface area contributed by atoms with Crippen LogP contribution in [0.4, 0.5) is 0 Å². The zero-order valence-corrected chi connectivity index (χ0v) is 15.8. The molecule has 7 nitrogen and oxygen atoms in total. The van der Waals surface area contributed by atoms with E-state index in [4.69, 9.17) is 0 Å². The fourth-order valence-electron chi connectivity index (χ4n) is 3.64. The predicted octanol–water partition coefficient (Wildman–Crippen LogP) is 1.71. The summed E-state index contributed by atoms with van der Waals surface area (Å²) in [5.74, 6) is -1.30. The van der Waals surface area contributed by atoms with Gasteiger partial charge in [0, 0.05) is 18.8 Å². The number of piperidine rings is 1. The summed E-state index contributed by atoms with van der Waals surface area (Å²) >= 11 is 0. The first-order chi connectivity index (χ1) is 12.1. The Morgan fingerprint density at radius 1 is 1.38 bits per heavy atom. The Kier molecular flexibility index (Phi) is 5.91. The average Bonchev–Trinajstić information content (AvgIpc) is 2.52. The van der Waals surface area contributed by atoms with Crippen LogP contribution in [0.1, 0.15) is 54.7 Å². The number of carboxylic acids is 1. The van der Waals surface area contributed by atoms with Crippen molar-refractivity contribution < 1.29 is 19.8 Å². The number of aliphatic hydroxyl groups excluding tert-OH is 1. The van der Waals surface area contributed by atoms with Gasteiger partial charge in [-0.05, 0) is 50.7 Å². The molecule has 1 aromatic rings. The molecule has 1 aromatic heterocycles. The maximum Gasteiger partial charge on any atom is 0.314 e. The highest BCUT2D eigenvalue weighted by molar-refractivity contribution is 5.95. The molecule has 26 heavy (non-hydrogen) atoms. The average molecular weight is 364 g/mol. The van der Waals surface area contributed by atoms with Crippen molar-refractivity contribution in [3.05, 3.63) is 33.2 Å². The number of carboxylic acid groups (broad SMARTS) is 1. The summed E-state index contributed by atoms with van der Waals surface area (Å²) in [6.07, 6.45) is 0.0862. The third-order valence-electron chi connectivity index (χ3n) is 5.24. The summed E-state index contributed by atoms with van der Waals surface area (Å²) in [5, 5.41) is 20.3. The molecule has 1 aliphatic rings. The minimum atomic E-state index is -1.40. The number of rotatable bonds is 5. The largest absolute Gasteiger partial charge is 0.481 e. The smallest absolute Gasteiger partial charge is 0.314 e. The Morgan fingerprint density at radius 3 is 2.58 bits per heavy atom. The number of hydrogen-bond donors (Lipinski definition) is 3. The minimum Gasteiger partial charge on any atom is -0.481 e. The first-order valence-electron chi connectivity index (χ1n) is 8.99. The fraction of sp³-hybridized carbons (Fsp3) is 0.632. The molecule has 1 saturated heterocycles. The number of aromatic amines is 1. The van der Waals surface area contributed by atoms with E-state index in [1.807, 2.05) is 13.8 Å². The molecule has 1 fully saturated rings. The Bertz CT molecular complexity index is 755. The lowest BCUT2D eigenvalue weighted by molar-refractivity contribution is -0.163. The molecular formula is C19H28N2O5. The lowest BCUT2D eigenvalue weighted by Gasteiger charge is -2.43. The number of nitrogens with zero attached hydrogens (tertiary/aromatic N) is 1. The maximum absolute atomic E-state index is 12.9. The second-order valence-electron chi connectivity index (χ2n) is 7.76. The molecule has 0 spiro atoms. The van der Waals surface area contributed by atoms with Gasteiger partial charge in [0.1, 0.15) is 11.0 Å². The lowest BCUT2D eigenvalue weighted by atomic mass is 9.72. The van der Waals surface area contributed by atoms with Crippen LogP contribution < -0.4 is 5.56 Å². The molecule has 0 aromatic carbocycles. The van der Waals surface area contributed by atoms with E-state index in [0.29, 0.717) is 17.7 Å². The zero-order chi connectivity index (χ0) is 19.6. The second kappa shape index (κ2) is 7.61. The molecule has 0 radical (unpaired) electrons. The number of aliphatic carboxylic acids is 1. The molecular weight excluding hydrogens is 336 g/mol. The van der Waals surface area contributed by atoms with Crippen molar-refractivity contribution in [3.8, 4) is 0 Å². The summed E-state index contributed by atoms with van der Waals surface area (Å²) in [6.45, 7) is 7.54. The van der Waals surface area contributed by atoms with Crippen LogP contribution in [0.2, 0.25) is 0 Å². The Morgan fingerprint density at radius 2 is 2.04 bits per heavy atom. The van der Waals surface area contributed by atoms with Crippen LogP contribution in [0, 0.1) is 25.2 Å². The molecule has 1 amide bonds. The summed E-state index contributed by atoms with van der Waals surface area (Å²) in [6, 6.07) is 1.72. The van der Waals surface area contributed by atoms with E-state index in [9.17, 15) is 24.6 Å². The highest BCUT2D eigenvalue weighted by atomic mass is 16.4. The van der Waals surface area contributed by atoms with Crippen molar-refractivity contribution in [2.45, 2.75) is 53.1 Å². The Hall–Kier alpha value is -2.15. The SMILES string of the molecule is Cc1cc(C)c(C(=O)N2CC[C@@H](O)[C@](CCC(C)C)(C(=O)O)C2)c(=O)[nH]1. The van der Waals surface area contributed by atoms with Gasteiger partial charge < -0.3 is 20.1 Å². The number of nitrogens with one attached hydrogen (secondary N) is 1. The van der Waals surface area contributed by atoms with Crippen LogP contribution in [-0.2, 0) is 4.79 Å². The van der Waals surface area contributed by atoms with E-state index in [1.165, 1.54) is 4.90 Å². The van der Waals surface area contributed by atoms with Gasteiger partial charge in [0.15, 0.2) is 0 Å². The van der Waals surface area contributed by atoms with Gasteiger partial charge in [0.05, 0.1) is 6.10 Å². The van der Waals surface area contributed by atoms with Crippen LogP contribution in [0.15, 0.2) is 10.9 Å². The summed E-state index contributed by atoms with van der Waals surface area (Å²) in [7, 11) is 0. The van der Waals surface area contributed by atoms with Gasteiger partial charge in [-0.3, -0.25) is 14.4 Å². The van der Waals surface area contributed by atoms with Crippen LogP contribution in [-0.4, -0.2) is 51.2 Å². The number of hydrogen-bond acceptors (Lipinski definition) is 4. The molecule has 0 unspecified atom stereocenters. The normalized spacial score (nSPS) is 23.3. The maximum atomic E-state index is 12.9. The van der Waals surface area contributed by atoms with Gasteiger partial charge in [-0.15, -0.1) is 0 Å². The lowest BCUT2D eigenvalue weighted by Crippen LogP contribution is -2.57. The van der Waals surface area contributed by atoms with Crippen molar-refractivity contribution >= 4 is 11.9 Å². The van der Waals surface area contributed by atoms with Crippen LogP contribution in [0.25, 0.3) is 0 Å². The molecule has 7 heteroatoms. The van der Waals surface area contributed by atoms with Crippen LogP contribution in [0.3, 0.4) is 0 Å². The van der Waals surface area contributed by atoms with Crippen LogP contribution >= 0.6 is 0 Å². The number of aryl methyl sites for hydroxylation is 2. The number of carbonyl (C=O) groups excluding carboxylic acids is 1. The van der Waals surface area contributed by atoms with Crippen LogP contribution in [0.5, 0.6) is 0 Å². The van der Waals surface area contributed by atoms with E-state index in [-0.39, 0.29) is 37.4 Å². The zero-order valence-electron chi connectivity index (χ0n) is 15.8. The Balaban J connectivity index is 2.35. The highest BCUT2D eigenvalue weighted by Gasteiger charge is 2.50. The summed E-state index contributed by atoms with van der Waals surface area (Å²) in [4.78, 5) is 41.2. The van der Waals surface area contributed by atoms with Crippen molar-refractivity contribution in [2.75, 3.05) is 13.1 Å². The number of amides is 1. The first-order valence-corrected chi connectivity index (χ1v) is 8.99. The number of carbonyl (C=O) groups is 2. The molecule has 3 N–H and O–H groups in total. The molecule has 2 atom stereocenters. The highest BCUT2D eigenvalue weighted by Crippen LogP contribution is 2.37. The third kappa shape index (κ3) is 3.82. The van der Waals surface area contributed by atoms with E-state index in [1.54, 1.807) is 19.9 Å². The molecule has 1 aliphatic heterocycles.